The molecule has 94 valence electrons. The first-order valence-corrected chi connectivity index (χ1v) is 5.74. The molecular weight excluding hydrogens is 296 g/mol. The molecule has 0 saturated carbocycles. The summed E-state index contributed by atoms with van der Waals surface area (Å²) in [6.45, 7) is 0.269. The Hall–Kier alpha value is -1.01. The van der Waals surface area contributed by atoms with Crippen molar-refractivity contribution in [2.75, 3.05) is 13.6 Å². The van der Waals surface area contributed by atoms with Crippen molar-refractivity contribution in [2.45, 2.75) is 13.0 Å². The van der Waals surface area contributed by atoms with E-state index in [0.29, 0.717) is 0 Å². The third-order valence-electron chi connectivity index (χ3n) is 2.27. The number of carboxylic acid groups (broad SMARTS) is 1. The number of halogens is 3. The van der Waals surface area contributed by atoms with Crippen molar-refractivity contribution >= 4 is 21.9 Å². The Morgan fingerprint density at radius 3 is 2.71 bits per heavy atom. The van der Waals surface area contributed by atoms with Crippen LogP contribution in [0, 0.1) is 11.6 Å². The first kappa shape index (κ1) is 14.1. The summed E-state index contributed by atoms with van der Waals surface area (Å²) in [6.07, 6.45) is -0.0618. The highest BCUT2D eigenvalue weighted by Gasteiger charge is 2.14. The number of hydrogen-bond donors (Lipinski definition) is 1. The predicted octanol–water partition coefficient (Wildman–Crippen LogP) is 2.63. The van der Waals surface area contributed by atoms with Gasteiger partial charge in [0.05, 0.1) is 10.9 Å². The Labute approximate surface area is 106 Å². The Morgan fingerprint density at radius 2 is 2.12 bits per heavy atom. The van der Waals surface area contributed by atoms with Gasteiger partial charge in [-0.1, -0.05) is 0 Å². The minimum Gasteiger partial charge on any atom is -0.481 e. The highest BCUT2D eigenvalue weighted by molar-refractivity contribution is 9.10. The predicted molar refractivity (Wildman–Crippen MR) is 62.6 cm³/mol. The van der Waals surface area contributed by atoms with Crippen LogP contribution >= 0.6 is 15.9 Å². The molecule has 0 aliphatic heterocycles. The lowest BCUT2D eigenvalue weighted by Crippen LogP contribution is -2.22. The smallest absolute Gasteiger partial charge is 0.304 e. The van der Waals surface area contributed by atoms with Crippen LogP contribution in [0.4, 0.5) is 8.78 Å². The van der Waals surface area contributed by atoms with Gasteiger partial charge in [-0.05, 0) is 35.1 Å². The van der Waals surface area contributed by atoms with Crippen molar-refractivity contribution in [3.63, 3.8) is 0 Å². The number of carbonyl (C=O) groups is 1. The molecule has 0 heterocycles. The number of rotatable bonds is 5. The van der Waals surface area contributed by atoms with E-state index in [1.54, 1.807) is 11.9 Å². The summed E-state index contributed by atoms with van der Waals surface area (Å²) in [7, 11) is 1.61. The summed E-state index contributed by atoms with van der Waals surface area (Å²) in [5.74, 6) is -2.22. The molecule has 0 aliphatic rings. The van der Waals surface area contributed by atoms with Crippen molar-refractivity contribution in [3.8, 4) is 0 Å². The molecular formula is C11H12BrF2NO2. The second-order valence-electron chi connectivity index (χ2n) is 3.70. The second-order valence-corrected chi connectivity index (χ2v) is 4.56. The highest BCUT2D eigenvalue weighted by atomic mass is 79.9. The molecule has 1 aromatic rings. The summed E-state index contributed by atoms with van der Waals surface area (Å²) < 4.78 is 27.2. The Morgan fingerprint density at radius 1 is 1.47 bits per heavy atom. The lowest BCUT2D eigenvalue weighted by molar-refractivity contribution is -0.137. The molecule has 0 bridgehead atoms. The van der Waals surface area contributed by atoms with Gasteiger partial charge in [0.1, 0.15) is 11.6 Å². The summed E-state index contributed by atoms with van der Waals surface area (Å²) >= 11 is 2.98. The van der Waals surface area contributed by atoms with Crippen LogP contribution in [0.5, 0.6) is 0 Å². The molecule has 0 spiro atoms. The zero-order valence-electron chi connectivity index (χ0n) is 9.21. The summed E-state index contributed by atoms with van der Waals surface area (Å²) in [5, 5.41) is 8.50. The Kier molecular flexibility index (Phi) is 5.02. The molecule has 0 amide bonds. The number of aliphatic carboxylic acids is 1. The normalized spacial score (nSPS) is 10.9. The van der Waals surface area contributed by atoms with Crippen LogP contribution < -0.4 is 0 Å². The standard InChI is InChI=1S/C11H12BrF2NO2/c1-15(5-4-10(16)17)6-7-9(13)3-2-8(12)11(7)14/h2-3H,4-6H2,1H3,(H,16,17). The largest absolute Gasteiger partial charge is 0.481 e. The summed E-state index contributed by atoms with van der Waals surface area (Å²) in [5.41, 5.74) is -0.0627. The zero-order valence-corrected chi connectivity index (χ0v) is 10.8. The van der Waals surface area contributed by atoms with Gasteiger partial charge in [0.2, 0.25) is 0 Å². The molecule has 0 fully saturated rings. The number of nitrogens with zero attached hydrogens (tertiary/aromatic N) is 1. The van der Waals surface area contributed by atoms with Crippen molar-refractivity contribution < 1.29 is 18.7 Å². The minimum atomic E-state index is -0.938. The molecule has 0 aliphatic carbocycles. The maximum atomic E-state index is 13.6. The van der Waals surface area contributed by atoms with Gasteiger partial charge in [-0.15, -0.1) is 0 Å². The second kappa shape index (κ2) is 6.07. The van der Waals surface area contributed by atoms with Gasteiger partial charge in [-0.3, -0.25) is 4.79 Å². The minimum absolute atomic E-state index is 0.0321. The van der Waals surface area contributed by atoms with Crippen LogP contribution in [0.25, 0.3) is 0 Å². The molecule has 0 unspecified atom stereocenters. The number of carboxylic acids is 1. The molecule has 0 atom stereocenters. The highest BCUT2D eigenvalue weighted by Crippen LogP contribution is 2.22. The van der Waals surface area contributed by atoms with Gasteiger partial charge in [-0.2, -0.15) is 0 Å². The molecule has 0 aromatic heterocycles. The van der Waals surface area contributed by atoms with Gasteiger partial charge in [0, 0.05) is 18.7 Å². The Bertz CT molecular complexity index is 426. The van der Waals surface area contributed by atoms with Crippen LogP contribution in [-0.2, 0) is 11.3 Å². The number of benzene rings is 1. The van der Waals surface area contributed by atoms with E-state index in [4.69, 9.17) is 5.11 Å². The molecule has 1 rings (SSSR count). The quantitative estimate of drug-likeness (QED) is 0.850. The molecule has 1 aromatic carbocycles. The van der Waals surface area contributed by atoms with E-state index in [9.17, 15) is 13.6 Å². The van der Waals surface area contributed by atoms with Crippen LogP contribution in [0.2, 0.25) is 0 Å². The van der Waals surface area contributed by atoms with Crippen LogP contribution in [0.1, 0.15) is 12.0 Å². The van der Waals surface area contributed by atoms with Crippen molar-refractivity contribution in [1.29, 1.82) is 0 Å². The number of hydrogen-bond acceptors (Lipinski definition) is 2. The van der Waals surface area contributed by atoms with Crippen molar-refractivity contribution in [1.82, 2.24) is 4.90 Å². The average Bonchev–Trinajstić information content (AvgIpc) is 2.27. The van der Waals surface area contributed by atoms with Crippen molar-refractivity contribution in [3.05, 3.63) is 33.8 Å². The maximum Gasteiger partial charge on any atom is 0.304 e. The van der Waals surface area contributed by atoms with E-state index < -0.39 is 17.6 Å². The van der Waals surface area contributed by atoms with Crippen LogP contribution in [0.3, 0.4) is 0 Å². The van der Waals surface area contributed by atoms with Crippen molar-refractivity contribution in [2.24, 2.45) is 0 Å². The average molecular weight is 308 g/mol. The molecule has 17 heavy (non-hydrogen) atoms. The van der Waals surface area contributed by atoms with Gasteiger partial charge in [0.15, 0.2) is 0 Å². The fourth-order valence-electron chi connectivity index (χ4n) is 1.35. The lowest BCUT2D eigenvalue weighted by Gasteiger charge is -2.16. The zero-order chi connectivity index (χ0) is 13.0. The SMILES string of the molecule is CN(CCC(=O)O)Cc1c(F)ccc(Br)c1F. The molecule has 6 heteroatoms. The fourth-order valence-corrected chi connectivity index (χ4v) is 1.72. The van der Waals surface area contributed by atoms with E-state index >= 15 is 0 Å². The molecule has 3 nitrogen and oxygen atoms in total. The van der Waals surface area contributed by atoms with Crippen LogP contribution in [0.15, 0.2) is 16.6 Å². The summed E-state index contributed by atoms with van der Waals surface area (Å²) in [6, 6.07) is 2.47. The van der Waals surface area contributed by atoms with Crippen LogP contribution in [-0.4, -0.2) is 29.6 Å². The van der Waals surface area contributed by atoms with Gasteiger partial charge >= 0.3 is 5.97 Å². The Balaban J connectivity index is 2.74. The van der Waals surface area contributed by atoms with Gasteiger partial charge in [0.25, 0.3) is 0 Å². The third-order valence-corrected chi connectivity index (χ3v) is 2.89. The fraction of sp³-hybridized carbons (Fsp3) is 0.364. The molecule has 0 saturated heterocycles. The lowest BCUT2D eigenvalue weighted by atomic mass is 10.2. The first-order chi connectivity index (χ1) is 7.91. The van der Waals surface area contributed by atoms with E-state index in [0.717, 1.165) is 0 Å². The van der Waals surface area contributed by atoms with E-state index in [-0.39, 0.29) is 29.5 Å². The molecule has 0 radical (unpaired) electrons. The third kappa shape index (κ3) is 4.05. The summed E-state index contributed by atoms with van der Waals surface area (Å²) in [4.78, 5) is 11.9. The first-order valence-electron chi connectivity index (χ1n) is 4.94. The molecule has 1 N–H and O–H groups in total. The van der Waals surface area contributed by atoms with E-state index in [1.165, 1.54) is 12.1 Å². The van der Waals surface area contributed by atoms with Gasteiger partial charge in [-0.25, -0.2) is 8.78 Å². The maximum absolute atomic E-state index is 13.6. The van der Waals surface area contributed by atoms with E-state index in [2.05, 4.69) is 15.9 Å². The van der Waals surface area contributed by atoms with E-state index in [1.807, 2.05) is 0 Å². The van der Waals surface area contributed by atoms with Gasteiger partial charge < -0.3 is 10.0 Å². The topological polar surface area (TPSA) is 40.5 Å². The monoisotopic (exact) mass is 307 g/mol.